The molecular formula is C15H19NO3S. The zero-order chi connectivity index (χ0) is 14.5. The maximum atomic E-state index is 9.56. The zero-order valence-corrected chi connectivity index (χ0v) is 12.7. The Bertz CT molecular complexity index is 566. The number of aromatic nitrogens is 1. The third-order valence-electron chi connectivity index (χ3n) is 3.10. The van der Waals surface area contributed by atoms with E-state index in [1.165, 1.54) is 4.88 Å². The van der Waals surface area contributed by atoms with Gasteiger partial charge in [-0.2, -0.15) is 0 Å². The average molecular weight is 293 g/mol. The number of nitrogens with zero attached hydrogens (tertiary/aromatic N) is 1. The van der Waals surface area contributed by atoms with Gasteiger partial charge in [-0.05, 0) is 31.5 Å². The minimum absolute atomic E-state index is 0.516. The van der Waals surface area contributed by atoms with Gasteiger partial charge in [0.1, 0.15) is 0 Å². The predicted octanol–water partition coefficient (Wildman–Crippen LogP) is 3.13. The Balaban J connectivity index is 2.00. The Morgan fingerprint density at radius 1 is 1.35 bits per heavy atom. The Labute approximate surface area is 123 Å². The van der Waals surface area contributed by atoms with Crippen molar-refractivity contribution in [3.05, 3.63) is 39.8 Å². The highest BCUT2D eigenvalue weighted by Crippen LogP contribution is 2.30. The molecule has 0 saturated carbocycles. The van der Waals surface area contributed by atoms with Crippen LogP contribution in [0.4, 0.5) is 0 Å². The van der Waals surface area contributed by atoms with Crippen molar-refractivity contribution in [2.75, 3.05) is 13.7 Å². The maximum Gasteiger partial charge on any atom is 0.161 e. The summed E-state index contributed by atoms with van der Waals surface area (Å²) >= 11 is 1.65. The number of ether oxygens (including phenoxy) is 2. The van der Waals surface area contributed by atoms with Crippen LogP contribution in [0.3, 0.4) is 0 Å². The number of aryl methyl sites for hydroxylation is 1. The molecule has 0 radical (unpaired) electrons. The predicted molar refractivity (Wildman–Crippen MR) is 79.7 cm³/mol. The molecule has 20 heavy (non-hydrogen) atoms. The summed E-state index contributed by atoms with van der Waals surface area (Å²) in [7, 11) is 1.60. The van der Waals surface area contributed by atoms with Crippen molar-refractivity contribution < 1.29 is 14.6 Å². The summed E-state index contributed by atoms with van der Waals surface area (Å²) in [5, 5.41) is 9.56. The second-order valence-corrected chi connectivity index (χ2v) is 5.48. The van der Waals surface area contributed by atoms with Crippen LogP contribution in [0.5, 0.6) is 11.5 Å². The molecule has 108 valence electrons. The topological polar surface area (TPSA) is 51.6 Å². The molecule has 0 bridgehead atoms. The SMILES string of the molecule is COc1cc(C(C)O)ccc1OCCc1scnc1C. The zero-order valence-electron chi connectivity index (χ0n) is 11.9. The first kappa shape index (κ1) is 14.8. The molecule has 0 aliphatic heterocycles. The molecule has 0 aliphatic rings. The normalized spacial score (nSPS) is 12.2. The number of aliphatic hydroxyl groups excluding tert-OH is 1. The minimum atomic E-state index is -0.516. The van der Waals surface area contributed by atoms with Crippen molar-refractivity contribution in [2.24, 2.45) is 0 Å². The van der Waals surface area contributed by atoms with Gasteiger partial charge in [0.2, 0.25) is 0 Å². The Kier molecular flexibility index (Phi) is 4.98. The average Bonchev–Trinajstić information content (AvgIpc) is 2.84. The Morgan fingerprint density at radius 3 is 2.75 bits per heavy atom. The monoisotopic (exact) mass is 293 g/mol. The molecule has 0 spiro atoms. The van der Waals surface area contributed by atoms with E-state index in [4.69, 9.17) is 9.47 Å². The fourth-order valence-corrected chi connectivity index (χ4v) is 2.65. The van der Waals surface area contributed by atoms with Crippen LogP contribution < -0.4 is 9.47 Å². The summed E-state index contributed by atoms with van der Waals surface area (Å²) in [5.41, 5.74) is 3.73. The molecule has 1 heterocycles. The van der Waals surface area contributed by atoms with E-state index in [1.807, 2.05) is 24.6 Å². The molecule has 0 aliphatic carbocycles. The summed E-state index contributed by atoms with van der Waals surface area (Å²) < 4.78 is 11.1. The van der Waals surface area contributed by atoms with Crippen LogP contribution in [-0.4, -0.2) is 23.8 Å². The van der Waals surface area contributed by atoms with E-state index >= 15 is 0 Å². The van der Waals surface area contributed by atoms with Gasteiger partial charge >= 0.3 is 0 Å². The van der Waals surface area contributed by atoms with Crippen molar-refractivity contribution in [3.8, 4) is 11.5 Å². The van der Waals surface area contributed by atoms with E-state index in [0.29, 0.717) is 18.1 Å². The van der Waals surface area contributed by atoms with Gasteiger partial charge in [0.15, 0.2) is 11.5 Å². The highest BCUT2D eigenvalue weighted by molar-refractivity contribution is 7.09. The van der Waals surface area contributed by atoms with Gasteiger partial charge < -0.3 is 14.6 Å². The van der Waals surface area contributed by atoms with E-state index in [0.717, 1.165) is 17.7 Å². The van der Waals surface area contributed by atoms with Gasteiger partial charge in [0.05, 0.1) is 31.0 Å². The van der Waals surface area contributed by atoms with E-state index in [9.17, 15) is 5.11 Å². The molecule has 4 nitrogen and oxygen atoms in total. The fraction of sp³-hybridized carbons (Fsp3) is 0.400. The quantitative estimate of drug-likeness (QED) is 0.889. The molecule has 1 unspecified atom stereocenters. The smallest absolute Gasteiger partial charge is 0.161 e. The van der Waals surface area contributed by atoms with E-state index in [-0.39, 0.29) is 0 Å². The number of benzene rings is 1. The summed E-state index contributed by atoms with van der Waals surface area (Å²) in [5.74, 6) is 1.34. The number of aliphatic hydroxyl groups is 1. The largest absolute Gasteiger partial charge is 0.493 e. The first-order valence-electron chi connectivity index (χ1n) is 6.49. The van der Waals surface area contributed by atoms with Gasteiger partial charge in [-0.1, -0.05) is 6.07 Å². The van der Waals surface area contributed by atoms with Crippen molar-refractivity contribution in [2.45, 2.75) is 26.4 Å². The van der Waals surface area contributed by atoms with Gasteiger partial charge in [0.25, 0.3) is 0 Å². The summed E-state index contributed by atoms with van der Waals surface area (Å²) in [6, 6.07) is 5.48. The van der Waals surface area contributed by atoms with Crippen LogP contribution in [0.15, 0.2) is 23.7 Å². The molecular weight excluding hydrogens is 274 g/mol. The standard InChI is InChI=1S/C15H19NO3S/c1-10-15(20-9-16-10)6-7-19-13-5-4-12(11(2)17)8-14(13)18-3/h4-5,8-9,11,17H,6-7H2,1-3H3. The van der Waals surface area contributed by atoms with Crippen LogP contribution >= 0.6 is 11.3 Å². The molecule has 2 rings (SSSR count). The van der Waals surface area contributed by atoms with E-state index < -0.39 is 6.10 Å². The third-order valence-corrected chi connectivity index (χ3v) is 4.10. The van der Waals surface area contributed by atoms with Crippen LogP contribution in [0.25, 0.3) is 0 Å². The summed E-state index contributed by atoms with van der Waals surface area (Å²) in [6.07, 6.45) is 0.315. The molecule has 5 heteroatoms. The van der Waals surface area contributed by atoms with Crippen LogP contribution in [-0.2, 0) is 6.42 Å². The highest BCUT2D eigenvalue weighted by atomic mass is 32.1. The Morgan fingerprint density at radius 2 is 2.15 bits per heavy atom. The van der Waals surface area contributed by atoms with Crippen molar-refractivity contribution in [3.63, 3.8) is 0 Å². The number of hydrogen-bond acceptors (Lipinski definition) is 5. The lowest BCUT2D eigenvalue weighted by molar-refractivity contribution is 0.198. The summed E-state index contributed by atoms with van der Waals surface area (Å²) in [4.78, 5) is 5.46. The van der Waals surface area contributed by atoms with Crippen molar-refractivity contribution in [1.29, 1.82) is 0 Å². The molecule has 0 saturated heterocycles. The molecule has 1 atom stereocenters. The van der Waals surface area contributed by atoms with Gasteiger partial charge in [-0.15, -0.1) is 11.3 Å². The number of thiazole rings is 1. The Hall–Kier alpha value is -1.59. The number of methoxy groups -OCH3 is 1. The second-order valence-electron chi connectivity index (χ2n) is 4.55. The fourth-order valence-electron chi connectivity index (χ4n) is 1.88. The maximum absolute atomic E-state index is 9.56. The lowest BCUT2D eigenvalue weighted by Gasteiger charge is -2.13. The molecule has 1 aromatic heterocycles. The lowest BCUT2D eigenvalue weighted by atomic mass is 10.1. The van der Waals surface area contributed by atoms with Gasteiger partial charge in [-0.3, -0.25) is 0 Å². The molecule has 2 aromatic rings. The first-order valence-corrected chi connectivity index (χ1v) is 7.37. The number of hydrogen-bond donors (Lipinski definition) is 1. The lowest BCUT2D eigenvalue weighted by Crippen LogP contribution is -2.03. The first-order chi connectivity index (χ1) is 9.61. The van der Waals surface area contributed by atoms with Gasteiger partial charge in [0, 0.05) is 11.3 Å². The van der Waals surface area contributed by atoms with Crippen molar-refractivity contribution in [1.82, 2.24) is 4.98 Å². The summed E-state index contributed by atoms with van der Waals surface area (Å²) in [6.45, 7) is 4.30. The highest BCUT2D eigenvalue weighted by Gasteiger charge is 2.09. The van der Waals surface area contributed by atoms with Crippen LogP contribution in [0, 0.1) is 6.92 Å². The van der Waals surface area contributed by atoms with Crippen molar-refractivity contribution >= 4 is 11.3 Å². The van der Waals surface area contributed by atoms with E-state index in [2.05, 4.69) is 4.98 Å². The molecule has 0 fully saturated rings. The molecule has 1 aromatic carbocycles. The number of rotatable bonds is 6. The molecule has 0 amide bonds. The van der Waals surface area contributed by atoms with Crippen LogP contribution in [0.1, 0.15) is 29.2 Å². The minimum Gasteiger partial charge on any atom is -0.493 e. The molecule has 1 N–H and O–H groups in total. The second kappa shape index (κ2) is 6.72. The van der Waals surface area contributed by atoms with E-state index in [1.54, 1.807) is 31.4 Å². The third kappa shape index (κ3) is 3.49. The van der Waals surface area contributed by atoms with Gasteiger partial charge in [-0.25, -0.2) is 4.98 Å². The van der Waals surface area contributed by atoms with Crippen LogP contribution in [0.2, 0.25) is 0 Å².